The molecular formula is C21H21ClN4O2. The van der Waals surface area contributed by atoms with Crippen LogP contribution in [-0.2, 0) is 11.3 Å². The van der Waals surface area contributed by atoms with E-state index >= 15 is 0 Å². The third kappa shape index (κ3) is 3.73. The molecule has 1 fully saturated rings. The van der Waals surface area contributed by atoms with Gasteiger partial charge in [0.05, 0.1) is 0 Å². The highest BCUT2D eigenvalue weighted by Gasteiger charge is 2.30. The minimum atomic E-state index is -0.146. The summed E-state index contributed by atoms with van der Waals surface area (Å²) in [5.74, 6) is -0.180. The molecule has 2 aromatic heterocycles. The molecule has 0 saturated carbocycles. The molecule has 28 heavy (non-hydrogen) atoms. The quantitative estimate of drug-likeness (QED) is 0.736. The molecule has 2 amide bonds. The smallest absolute Gasteiger partial charge is 0.274 e. The SMILES string of the molecule is O=C(NCc1ccccc1)C1CCN(C(=O)c2c(Cl)nc3ccccn23)CC1. The van der Waals surface area contributed by atoms with Crippen molar-refractivity contribution in [1.82, 2.24) is 19.6 Å². The van der Waals surface area contributed by atoms with Crippen LogP contribution in [0.15, 0.2) is 54.7 Å². The van der Waals surface area contributed by atoms with Crippen LogP contribution in [0.2, 0.25) is 5.15 Å². The summed E-state index contributed by atoms with van der Waals surface area (Å²) in [5.41, 5.74) is 2.10. The van der Waals surface area contributed by atoms with Gasteiger partial charge in [-0.05, 0) is 30.5 Å². The fourth-order valence-corrected chi connectivity index (χ4v) is 3.84. The Kier molecular flexibility index (Phi) is 5.30. The van der Waals surface area contributed by atoms with Crippen molar-refractivity contribution in [3.63, 3.8) is 0 Å². The van der Waals surface area contributed by atoms with Crippen LogP contribution < -0.4 is 5.32 Å². The lowest BCUT2D eigenvalue weighted by Crippen LogP contribution is -2.43. The predicted octanol–water partition coefficient (Wildman–Crippen LogP) is 3.16. The largest absolute Gasteiger partial charge is 0.352 e. The highest BCUT2D eigenvalue weighted by molar-refractivity contribution is 6.32. The number of halogens is 1. The van der Waals surface area contributed by atoms with Crippen molar-refractivity contribution in [2.45, 2.75) is 19.4 Å². The van der Waals surface area contributed by atoms with Gasteiger partial charge in [0.2, 0.25) is 5.91 Å². The molecule has 1 aliphatic heterocycles. The van der Waals surface area contributed by atoms with Gasteiger partial charge in [-0.2, -0.15) is 0 Å². The second-order valence-electron chi connectivity index (χ2n) is 6.95. The Morgan fingerprint density at radius 2 is 1.79 bits per heavy atom. The van der Waals surface area contributed by atoms with Gasteiger partial charge in [-0.1, -0.05) is 48.0 Å². The maximum atomic E-state index is 13.0. The van der Waals surface area contributed by atoms with Gasteiger partial charge in [-0.25, -0.2) is 4.98 Å². The summed E-state index contributed by atoms with van der Waals surface area (Å²) < 4.78 is 1.71. The van der Waals surface area contributed by atoms with Crippen molar-refractivity contribution >= 4 is 29.1 Å². The fraction of sp³-hybridized carbons (Fsp3) is 0.286. The number of imidazole rings is 1. The highest BCUT2D eigenvalue weighted by Crippen LogP contribution is 2.23. The number of carbonyl (C=O) groups is 2. The summed E-state index contributed by atoms with van der Waals surface area (Å²) in [6.45, 7) is 1.58. The highest BCUT2D eigenvalue weighted by atomic mass is 35.5. The maximum Gasteiger partial charge on any atom is 0.274 e. The lowest BCUT2D eigenvalue weighted by molar-refractivity contribution is -0.126. The van der Waals surface area contributed by atoms with Gasteiger partial charge in [-0.15, -0.1) is 0 Å². The number of nitrogens with one attached hydrogen (secondary N) is 1. The van der Waals surface area contributed by atoms with Gasteiger partial charge in [-0.3, -0.25) is 14.0 Å². The van der Waals surface area contributed by atoms with Crippen LogP contribution in [0.5, 0.6) is 0 Å². The average Bonchev–Trinajstić information content (AvgIpc) is 3.08. The number of likely N-dealkylation sites (tertiary alicyclic amines) is 1. The summed E-state index contributed by atoms with van der Waals surface area (Å²) in [4.78, 5) is 31.4. The van der Waals surface area contributed by atoms with Crippen molar-refractivity contribution in [1.29, 1.82) is 0 Å². The van der Waals surface area contributed by atoms with Gasteiger partial charge < -0.3 is 10.2 Å². The zero-order valence-corrected chi connectivity index (χ0v) is 16.1. The Morgan fingerprint density at radius 1 is 1.07 bits per heavy atom. The third-order valence-corrected chi connectivity index (χ3v) is 5.42. The number of fused-ring (bicyclic) bond motifs is 1. The molecule has 0 unspecified atom stereocenters. The number of benzene rings is 1. The number of rotatable bonds is 4. The number of hydrogen-bond donors (Lipinski definition) is 1. The van der Waals surface area contributed by atoms with Gasteiger partial charge >= 0.3 is 0 Å². The van der Waals surface area contributed by atoms with E-state index in [1.807, 2.05) is 48.5 Å². The molecule has 3 heterocycles. The lowest BCUT2D eigenvalue weighted by Gasteiger charge is -2.31. The van der Waals surface area contributed by atoms with Crippen LogP contribution in [0.1, 0.15) is 28.9 Å². The molecule has 3 aromatic rings. The number of hydrogen-bond acceptors (Lipinski definition) is 3. The third-order valence-electron chi connectivity index (χ3n) is 5.15. The van der Waals surface area contributed by atoms with E-state index in [9.17, 15) is 9.59 Å². The van der Waals surface area contributed by atoms with Crippen molar-refractivity contribution in [2.75, 3.05) is 13.1 Å². The zero-order chi connectivity index (χ0) is 19.5. The minimum Gasteiger partial charge on any atom is -0.352 e. The van der Waals surface area contributed by atoms with Crippen LogP contribution in [0.4, 0.5) is 0 Å². The molecule has 144 valence electrons. The Hall–Kier alpha value is -2.86. The molecule has 1 saturated heterocycles. The number of piperidine rings is 1. The van der Waals surface area contributed by atoms with Crippen LogP contribution in [0.3, 0.4) is 0 Å². The summed E-state index contributed by atoms with van der Waals surface area (Å²) in [6.07, 6.45) is 3.06. The number of carbonyl (C=O) groups excluding carboxylic acids is 2. The molecular weight excluding hydrogens is 376 g/mol. The Labute approximate surface area is 168 Å². The predicted molar refractivity (Wildman–Crippen MR) is 107 cm³/mol. The first-order valence-electron chi connectivity index (χ1n) is 9.37. The molecule has 0 atom stereocenters. The average molecular weight is 397 g/mol. The van der Waals surface area contributed by atoms with Gasteiger partial charge in [0, 0.05) is 31.7 Å². The molecule has 0 bridgehead atoms. The maximum absolute atomic E-state index is 13.0. The second-order valence-corrected chi connectivity index (χ2v) is 7.31. The van der Waals surface area contributed by atoms with Crippen molar-refractivity contribution in [2.24, 2.45) is 5.92 Å². The molecule has 1 aromatic carbocycles. The van der Waals surface area contributed by atoms with E-state index < -0.39 is 0 Å². The summed E-state index contributed by atoms with van der Waals surface area (Å²) in [6, 6.07) is 15.3. The van der Waals surface area contributed by atoms with E-state index in [0.29, 0.717) is 43.8 Å². The van der Waals surface area contributed by atoms with Crippen molar-refractivity contribution in [3.05, 3.63) is 71.1 Å². The molecule has 1 aliphatic rings. The van der Waals surface area contributed by atoms with E-state index in [2.05, 4.69) is 10.3 Å². The first kappa shape index (κ1) is 18.5. The van der Waals surface area contributed by atoms with Crippen LogP contribution in [-0.4, -0.2) is 39.2 Å². The van der Waals surface area contributed by atoms with E-state index in [-0.39, 0.29) is 22.9 Å². The fourth-order valence-electron chi connectivity index (χ4n) is 3.58. The van der Waals surface area contributed by atoms with Crippen LogP contribution in [0.25, 0.3) is 5.65 Å². The number of nitrogens with zero attached hydrogens (tertiary/aromatic N) is 3. The molecule has 0 aliphatic carbocycles. The Bertz CT molecular complexity index is 994. The molecule has 4 rings (SSSR count). The van der Waals surface area contributed by atoms with E-state index in [4.69, 9.17) is 11.6 Å². The zero-order valence-electron chi connectivity index (χ0n) is 15.3. The molecule has 7 heteroatoms. The number of amides is 2. The number of aromatic nitrogens is 2. The number of pyridine rings is 1. The molecule has 0 radical (unpaired) electrons. The summed E-state index contributed by atoms with van der Waals surface area (Å²) in [7, 11) is 0. The minimum absolute atomic E-state index is 0.0452. The molecule has 1 N–H and O–H groups in total. The Balaban J connectivity index is 1.36. The summed E-state index contributed by atoms with van der Waals surface area (Å²) >= 11 is 6.22. The topological polar surface area (TPSA) is 66.7 Å². The van der Waals surface area contributed by atoms with Gasteiger partial charge in [0.15, 0.2) is 10.8 Å². The van der Waals surface area contributed by atoms with E-state index in [1.165, 1.54) is 0 Å². The first-order valence-corrected chi connectivity index (χ1v) is 9.75. The van der Waals surface area contributed by atoms with E-state index in [1.54, 1.807) is 15.5 Å². The monoisotopic (exact) mass is 396 g/mol. The van der Waals surface area contributed by atoms with Crippen molar-refractivity contribution < 1.29 is 9.59 Å². The van der Waals surface area contributed by atoms with Gasteiger partial charge in [0.25, 0.3) is 5.91 Å². The van der Waals surface area contributed by atoms with Crippen molar-refractivity contribution in [3.8, 4) is 0 Å². The summed E-state index contributed by atoms with van der Waals surface area (Å²) in [5, 5.41) is 3.20. The lowest BCUT2D eigenvalue weighted by atomic mass is 9.95. The van der Waals surface area contributed by atoms with Crippen LogP contribution >= 0.6 is 11.6 Å². The normalized spacial score (nSPS) is 15.0. The molecule has 0 spiro atoms. The first-order chi connectivity index (χ1) is 13.6. The second kappa shape index (κ2) is 8.02. The van der Waals surface area contributed by atoms with Crippen LogP contribution in [0, 0.1) is 5.92 Å². The van der Waals surface area contributed by atoms with E-state index in [0.717, 1.165) is 5.56 Å². The van der Waals surface area contributed by atoms with Gasteiger partial charge in [0.1, 0.15) is 5.65 Å². The standard InChI is InChI=1S/C21H21ClN4O2/c22-19-18(26-11-5-4-8-17(26)24-19)21(28)25-12-9-16(10-13-25)20(27)23-14-15-6-2-1-3-7-15/h1-8,11,16H,9-10,12-14H2,(H,23,27). The Morgan fingerprint density at radius 3 is 2.54 bits per heavy atom. The molecule has 6 nitrogen and oxygen atoms in total.